The van der Waals surface area contributed by atoms with Crippen molar-refractivity contribution in [2.75, 3.05) is 50.8 Å². The van der Waals surface area contributed by atoms with Crippen LogP contribution in [0.15, 0.2) is 24.3 Å². The Hall–Kier alpha value is -1.66. The highest BCUT2D eigenvalue weighted by Gasteiger charge is 2.29. The maximum absolute atomic E-state index is 13.0. The lowest BCUT2D eigenvalue weighted by molar-refractivity contribution is -0.134. The van der Waals surface area contributed by atoms with Crippen LogP contribution in [0.1, 0.15) is 19.3 Å². The van der Waals surface area contributed by atoms with Crippen molar-refractivity contribution < 1.29 is 14.3 Å². The fourth-order valence-corrected chi connectivity index (χ4v) is 3.73. The van der Waals surface area contributed by atoms with Gasteiger partial charge in [-0.2, -0.15) is 0 Å². The number of rotatable bonds is 4. The fourth-order valence-electron chi connectivity index (χ4n) is 3.73. The van der Waals surface area contributed by atoms with E-state index in [1.165, 1.54) is 12.1 Å². The van der Waals surface area contributed by atoms with Gasteiger partial charge in [-0.1, -0.05) is 0 Å². The second kappa shape index (κ2) is 7.94. The molecular formula is C18H26FN3O2. The van der Waals surface area contributed by atoms with Gasteiger partial charge in [-0.15, -0.1) is 0 Å². The van der Waals surface area contributed by atoms with Crippen LogP contribution in [0.3, 0.4) is 0 Å². The van der Waals surface area contributed by atoms with Gasteiger partial charge in [0.25, 0.3) is 0 Å². The first-order chi connectivity index (χ1) is 11.7. The van der Waals surface area contributed by atoms with Crippen molar-refractivity contribution in [2.45, 2.75) is 25.3 Å². The van der Waals surface area contributed by atoms with Crippen molar-refractivity contribution in [3.8, 4) is 0 Å². The Morgan fingerprint density at radius 1 is 1.12 bits per heavy atom. The Bertz CT molecular complexity index is 544. The monoisotopic (exact) mass is 335 g/mol. The van der Waals surface area contributed by atoms with Crippen molar-refractivity contribution in [3.05, 3.63) is 30.1 Å². The summed E-state index contributed by atoms with van der Waals surface area (Å²) in [6.45, 7) is 5.28. The minimum Gasteiger partial charge on any atom is -0.396 e. The van der Waals surface area contributed by atoms with E-state index in [-0.39, 0.29) is 24.8 Å². The van der Waals surface area contributed by atoms with Gasteiger partial charge < -0.3 is 14.9 Å². The molecule has 2 heterocycles. The predicted octanol–water partition coefficient (Wildman–Crippen LogP) is 1.32. The quantitative estimate of drug-likeness (QED) is 0.902. The van der Waals surface area contributed by atoms with E-state index < -0.39 is 0 Å². The number of piperazine rings is 1. The summed E-state index contributed by atoms with van der Waals surface area (Å²) >= 11 is 0. The summed E-state index contributed by atoms with van der Waals surface area (Å²) in [6.07, 6.45) is 2.38. The normalized spacial score (nSPS) is 22.7. The molecule has 0 aliphatic carbocycles. The minimum absolute atomic E-state index is 0.0622. The third kappa shape index (κ3) is 4.05. The molecule has 132 valence electrons. The third-order valence-electron chi connectivity index (χ3n) is 5.10. The number of nitrogens with zero attached hydrogens (tertiary/aromatic N) is 3. The summed E-state index contributed by atoms with van der Waals surface area (Å²) in [5, 5.41) is 8.95. The van der Waals surface area contributed by atoms with Crippen LogP contribution < -0.4 is 4.90 Å². The molecule has 2 aliphatic heterocycles. The molecule has 2 aliphatic rings. The van der Waals surface area contributed by atoms with Crippen LogP contribution in [0.5, 0.6) is 0 Å². The van der Waals surface area contributed by atoms with Crippen LogP contribution in [-0.4, -0.2) is 72.7 Å². The molecule has 1 N–H and O–H groups in total. The Morgan fingerprint density at radius 2 is 1.83 bits per heavy atom. The molecule has 0 spiro atoms. The minimum atomic E-state index is -0.202. The number of hydrogen-bond acceptors (Lipinski definition) is 4. The number of piperidine rings is 1. The lowest BCUT2D eigenvalue weighted by Crippen LogP contribution is -2.55. The molecule has 0 radical (unpaired) electrons. The van der Waals surface area contributed by atoms with Gasteiger partial charge in [0.2, 0.25) is 5.91 Å². The van der Waals surface area contributed by atoms with Crippen LogP contribution >= 0.6 is 0 Å². The van der Waals surface area contributed by atoms with Crippen LogP contribution in [0, 0.1) is 5.82 Å². The highest BCUT2D eigenvalue weighted by atomic mass is 19.1. The first-order valence-corrected chi connectivity index (χ1v) is 8.80. The molecule has 1 aromatic carbocycles. The lowest BCUT2D eigenvalue weighted by Gasteiger charge is -2.44. The molecule has 0 bridgehead atoms. The second-order valence-electron chi connectivity index (χ2n) is 6.61. The number of aliphatic hydroxyl groups is 1. The van der Waals surface area contributed by atoms with Crippen molar-refractivity contribution in [1.29, 1.82) is 0 Å². The largest absolute Gasteiger partial charge is 0.396 e. The van der Waals surface area contributed by atoms with Crippen LogP contribution in [0.2, 0.25) is 0 Å². The summed E-state index contributed by atoms with van der Waals surface area (Å²) in [5.41, 5.74) is 1.07. The van der Waals surface area contributed by atoms with Gasteiger partial charge in [-0.05, 0) is 37.1 Å². The smallest absolute Gasteiger partial charge is 0.224 e. The number of likely N-dealkylation sites (tertiary alicyclic amines) is 1. The average molecular weight is 335 g/mol. The number of carbonyl (C=O) groups is 1. The van der Waals surface area contributed by atoms with Gasteiger partial charge in [0, 0.05) is 57.4 Å². The van der Waals surface area contributed by atoms with E-state index in [2.05, 4.69) is 9.80 Å². The van der Waals surface area contributed by atoms with Crippen molar-refractivity contribution in [2.24, 2.45) is 0 Å². The number of halogens is 1. The van der Waals surface area contributed by atoms with Gasteiger partial charge in [-0.25, -0.2) is 4.39 Å². The van der Waals surface area contributed by atoms with Gasteiger partial charge in [0.15, 0.2) is 0 Å². The molecule has 1 amide bonds. The van der Waals surface area contributed by atoms with Gasteiger partial charge in [0.1, 0.15) is 5.82 Å². The van der Waals surface area contributed by atoms with E-state index in [0.29, 0.717) is 6.04 Å². The second-order valence-corrected chi connectivity index (χ2v) is 6.61. The molecule has 1 unspecified atom stereocenters. The van der Waals surface area contributed by atoms with E-state index in [1.807, 2.05) is 17.0 Å². The molecule has 24 heavy (non-hydrogen) atoms. The summed E-state index contributed by atoms with van der Waals surface area (Å²) in [4.78, 5) is 18.7. The Kier molecular flexibility index (Phi) is 5.68. The molecule has 1 atom stereocenters. The van der Waals surface area contributed by atoms with Crippen LogP contribution in [-0.2, 0) is 4.79 Å². The van der Waals surface area contributed by atoms with E-state index in [1.54, 1.807) is 0 Å². The van der Waals surface area contributed by atoms with Crippen LogP contribution in [0.4, 0.5) is 10.1 Å². The maximum atomic E-state index is 13.0. The summed E-state index contributed by atoms with van der Waals surface area (Å²) < 4.78 is 13.0. The predicted molar refractivity (Wildman–Crippen MR) is 91.5 cm³/mol. The van der Waals surface area contributed by atoms with E-state index in [4.69, 9.17) is 5.11 Å². The Balaban J connectivity index is 1.52. The molecule has 0 aromatic heterocycles. The van der Waals surface area contributed by atoms with Gasteiger partial charge in [-0.3, -0.25) is 9.69 Å². The summed E-state index contributed by atoms with van der Waals surface area (Å²) in [7, 11) is 0. The standard InChI is InChI=1S/C18H26FN3O2/c19-15-3-5-16(6-4-15)20-9-11-21(12-10-20)17-2-1-8-22(14-17)18(24)7-13-23/h3-6,17,23H,1-2,7-14H2. The first-order valence-electron chi connectivity index (χ1n) is 8.80. The molecule has 1 aromatic rings. The highest BCUT2D eigenvalue weighted by Crippen LogP contribution is 2.21. The van der Waals surface area contributed by atoms with Crippen molar-refractivity contribution >= 4 is 11.6 Å². The topological polar surface area (TPSA) is 47.0 Å². The highest BCUT2D eigenvalue weighted by molar-refractivity contribution is 5.76. The van der Waals surface area contributed by atoms with Crippen molar-refractivity contribution in [1.82, 2.24) is 9.80 Å². The summed E-state index contributed by atoms with van der Waals surface area (Å²) in [6, 6.07) is 7.10. The Labute approximate surface area is 142 Å². The maximum Gasteiger partial charge on any atom is 0.224 e. The number of benzene rings is 1. The molecule has 3 rings (SSSR count). The van der Waals surface area contributed by atoms with Gasteiger partial charge >= 0.3 is 0 Å². The number of amides is 1. The zero-order chi connectivity index (χ0) is 16.9. The zero-order valence-corrected chi connectivity index (χ0v) is 14.0. The number of anilines is 1. The number of aliphatic hydroxyl groups excluding tert-OH is 1. The molecule has 5 nitrogen and oxygen atoms in total. The number of hydrogen-bond donors (Lipinski definition) is 1. The van der Waals surface area contributed by atoms with E-state index in [0.717, 1.165) is 57.8 Å². The Morgan fingerprint density at radius 3 is 2.50 bits per heavy atom. The molecule has 2 saturated heterocycles. The lowest BCUT2D eigenvalue weighted by atomic mass is 10.0. The van der Waals surface area contributed by atoms with Gasteiger partial charge in [0.05, 0.1) is 6.61 Å². The molecule has 0 saturated carbocycles. The average Bonchev–Trinajstić information content (AvgIpc) is 2.63. The molecule has 6 heteroatoms. The van der Waals surface area contributed by atoms with Crippen molar-refractivity contribution in [3.63, 3.8) is 0 Å². The zero-order valence-electron chi connectivity index (χ0n) is 14.0. The molecule has 2 fully saturated rings. The SMILES string of the molecule is O=C(CCO)N1CCCC(N2CCN(c3ccc(F)cc3)CC2)C1. The fraction of sp³-hybridized carbons (Fsp3) is 0.611. The number of carbonyl (C=O) groups excluding carboxylic acids is 1. The van der Waals surface area contributed by atoms with Crippen LogP contribution in [0.25, 0.3) is 0 Å². The first kappa shape index (κ1) is 17.2. The molecular weight excluding hydrogens is 309 g/mol. The van der Waals surface area contributed by atoms with E-state index >= 15 is 0 Å². The third-order valence-corrected chi connectivity index (χ3v) is 5.10. The van der Waals surface area contributed by atoms with E-state index in [9.17, 15) is 9.18 Å². The summed E-state index contributed by atoms with van der Waals surface area (Å²) in [5.74, 6) is -0.139.